The Morgan fingerprint density at radius 2 is 2.29 bits per heavy atom. The van der Waals surface area contributed by atoms with Crippen molar-refractivity contribution >= 4 is 28.7 Å². The van der Waals surface area contributed by atoms with E-state index < -0.39 is 5.82 Å². The minimum Gasteiger partial charge on any atom is -0.494 e. The van der Waals surface area contributed by atoms with Crippen molar-refractivity contribution in [2.24, 2.45) is 0 Å². The molecule has 1 fully saturated rings. The topological polar surface area (TPSA) is 53.1 Å². The van der Waals surface area contributed by atoms with Crippen LogP contribution in [0, 0.1) is 5.82 Å². The molecule has 1 aromatic carbocycles. The van der Waals surface area contributed by atoms with Crippen molar-refractivity contribution in [3.05, 3.63) is 17.9 Å². The average Bonchev–Trinajstić information content (AvgIpc) is 3.01. The molecule has 114 valence electrons. The summed E-state index contributed by atoms with van der Waals surface area (Å²) in [6.45, 7) is 2.17. The zero-order valence-corrected chi connectivity index (χ0v) is 13.1. The number of halogens is 1. The fourth-order valence-electron chi connectivity index (χ4n) is 3.23. The van der Waals surface area contributed by atoms with Gasteiger partial charge in [-0.05, 0) is 18.6 Å². The summed E-state index contributed by atoms with van der Waals surface area (Å²) in [7, 11) is 1.47. The van der Waals surface area contributed by atoms with Crippen molar-refractivity contribution in [3.8, 4) is 5.75 Å². The molecule has 1 aliphatic rings. The van der Waals surface area contributed by atoms with Gasteiger partial charge in [0, 0.05) is 23.4 Å². The molecule has 0 bridgehead atoms. The Hall–Kier alpha value is -1.43. The first kappa shape index (κ1) is 14.5. The highest BCUT2D eigenvalue weighted by atomic mass is 32.2. The predicted octanol–water partition coefficient (Wildman–Crippen LogP) is 3.61. The molecular weight excluding hydrogens is 289 g/mol. The monoisotopic (exact) mass is 309 g/mol. The molecule has 1 aliphatic carbocycles. The number of nitrogens with zero attached hydrogens (tertiary/aromatic N) is 2. The quantitative estimate of drug-likeness (QED) is 0.937. The largest absolute Gasteiger partial charge is 0.494 e. The van der Waals surface area contributed by atoms with E-state index in [9.17, 15) is 4.39 Å². The molecule has 2 N–H and O–H groups in total. The number of fused-ring (bicyclic) bond motifs is 1. The standard InChI is InChI=1S/C15H20FN3OS/c1-3-21-14-6-4-5-11(14)19-12-8-13(20-2)9(16)7-10(12)18-15(19)17/h7-8,11,14H,3-6H2,1-2H3,(H2,17,18). The smallest absolute Gasteiger partial charge is 0.201 e. The number of aromatic nitrogens is 2. The summed E-state index contributed by atoms with van der Waals surface area (Å²) in [5, 5.41) is 0.547. The maximum Gasteiger partial charge on any atom is 0.201 e. The number of thioether (sulfide) groups is 1. The van der Waals surface area contributed by atoms with E-state index in [4.69, 9.17) is 10.5 Å². The summed E-state index contributed by atoms with van der Waals surface area (Å²) in [6.07, 6.45) is 3.48. The Morgan fingerprint density at radius 3 is 3.00 bits per heavy atom. The number of hydrogen-bond acceptors (Lipinski definition) is 4. The lowest BCUT2D eigenvalue weighted by Crippen LogP contribution is -2.18. The number of methoxy groups -OCH3 is 1. The molecule has 0 spiro atoms. The van der Waals surface area contributed by atoms with Crippen LogP contribution in [0.5, 0.6) is 5.75 Å². The van der Waals surface area contributed by atoms with Gasteiger partial charge in [0.05, 0.1) is 18.1 Å². The van der Waals surface area contributed by atoms with Crippen molar-refractivity contribution in [1.82, 2.24) is 9.55 Å². The van der Waals surface area contributed by atoms with Gasteiger partial charge in [0.2, 0.25) is 5.95 Å². The zero-order chi connectivity index (χ0) is 15.0. The van der Waals surface area contributed by atoms with Gasteiger partial charge in [-0.25, -0.2) is 9.37 Å². The molecule has 0 saturated heterocycles. The Bertz CT molecular complexity index is 658. The molecule has 6 heteroatoms. The lowest BCUT2D eigenvalue weighted by molar-refractivity contribution is 0.387. The third-order valence-electron chi connectivity index (χ3n) is 4.12. The number of nitrogen functional groups attached to an aromatic ring is 1. The first-order valence-corrected chi connectivity index (χ1v) is 8.33. The van der Waals surface area contributed by atoms with E-state index in [-0.39, 0.29) is 5.75 Å². The molecular formula is C15H20FN3OS. The Kier molecular flexibility index (Phi) is 3.97. The molecule has 2 aromatic rings. The van der Waals surface area contributed by atoms with E-state index in [0.717, 1.165) is 17.7 Å². The summed E-state index contributed by atoms with van der Waals surface area (Å²) in [6, 6.07) is 3.44. The summed E-state index contributed by atoms with van der Waals surface area (Å²) in [5.74, 6) is 1.39. The van der Waals surface area contributed by atoms with E-state index in [1.807, 2.05) is 11.8 Å². The van der Waals surface area contributed by atoms with Gasteiger partial charge in [0.1, 0.15) is 0 Å². The third kappa shape index (κ3) is 2.46. The van der Waals surface area contributed by atoms with E-state index >= 15 is 0 Å². The van der Waals surface area contributed by atoms with Gasteiger partial charge in [0.25, 0.3) is 0 Å². The van der Waals surface area contributed by atoms with Crippen LogP contribution in [-0.4, -0.2) is 27.7 Å². The van der Waals surface area contributed by atoms with Crippen LogP contribution < -0.4 is 10.5 Å². The SMILES string of the molecule is CCSC1CCCC1n1c(N)nc2cc(F)c(OC)cc21. The van der Waals surface area contributed by atoms with E-state index in [1.165, 1.54) is 26.0 Å². The molecule has 21 heavy (non-hydrogen) atoms. The molecule has 0 amide bonds. The maximum absolute atomic E-state index is 13.8. The highest BCUT2D eigenvalue weighted by Gasteiger charge is 2.31. The number of ether oxygens (including phenoxy) is 1. The second-order valence-electron chi connectivity index (χ2n) is 5.31. The number of anilines is 1. The van der Waals surface area contributed by atoms with Gasteiger partial charge in [-0.2, -0.15) is 11.8 Å². The molecule has 1 saturated carbocycles. The normalized spacial score (nSPS) is 22.0. The number of benzene rings is 1. The fraction of sp³-hybridized carbons (Fsp3) is 0.533. The van der Waals surface area contributed by atoms with Crippen molar-refractivity contribution in [3.63, 3.8) is 0 Å². The maximum atomic E-state index is 13.8. The van der Waals surface area contributed by atoms with Crippen LogP contribution >= 0.6 is 11.8 Å². The van der Waals surface area contributed by atoms with Gasteiger partial charge in [-0.15, -0.1) is 0 Å². The van der Waals surface area contributed by atoms with Crippen molar-refractivity contribution in [2.45, 2.75) is 37.5 Å². The van der Waals surface area contributed by atoms with Crippen molar-refractivity contribution < 1.29 is 9.13 Å². The van der Waals surface area contributed by atoms with Gasteiger partial charge in [0.15, 0.2) is 11.6 Å². The van der Waals surface area contributed by atoms with Crippen molar-refractivity contribution in [1.29, 1.82) is 0 Å². The van der Waals surface area contributed by atoms with Crippen LogP contribution in [0.15, 0.2) is 12.1 Å². The Labute approximate surface area is 127 Å². The molecule has 0 aliphatic heterocycles. The number of imidazole rings is 1. The summed E-state index contributed by atoms with van der Waals surface area (Å²) >= 11 is 1.97. The van der Waals surface area contributed by atoms with E-state index in [1.54, 1.807) is 6.07 Å². The van der Waals surface area contributed by atoms with Crippen LogP contribution in [0.2, 0.25) is 0 Å². The van der Waals surface area contributed by atoms with Crippen LogP contribution in [0.1, 0.15) is 32.2 Å². The number of rotatable bonds is 4. The van der Waals surface area contributed by atoms with Crippen LogP contribution in [0.25, 0.3) is 11.0 Å². The zero-order valence-electron chi connectivity index (χ0n) is 12.3. The van der Waals surface area contributed by atoms with Gasteiger partial charge >= 0.3 is 0 Å². The van der Waals surface area contributed by atoms with Crippen LogP contribution in [0.4, 0.5) is 10.3 Å². The average molecular weight is 309 g/mol. The molecule has 4 nitrogen and oxygen atoms in total. The molecule has 1 heterocycles. The van der Waals surface area contributed by atoms with Gasteiger partial charge < -0.3 is 15.0 Å². The Balaban J connectivity index is 2.11. The summed E-state index contributed by atoms with van der Waals surface area (Å²) in [4.78, 5) is 4.32. The van der Waals surface area contributed by atoms with E-state index in [0.29, 0.717) is 22.8 Å². The van der Waals surface area contributed by atoms with Gasteiger partial charge in [-0.1, -0.05) is 13.3 Å². The molecule has 0 radical (unpaired) electrons. The predicted molar refractivity (Wildman–Crippen MR) is 85.5 cm³/mol. The summed E-state index contributed by atoms with van der Waals surface area (Å²) < 4.78 is 21.0. The first-order valence-electron chi connectivity index (χ1n) is 7.28. The van der Waals surface area contributed by atoms with E-state index in [2.05, 4.69) is 16.5 Å². The first-order chi connectivity index (χ1) is 10.2. The number of nitrogens with two attached hydrogens (primary N) is 1. The lowest BCUT2D eigenvalue weighted by Gasteiger charge is -2.22. The molecule has 3 rings (SSSR count). The highest BCUT2D eigenvalue weighted by molar-refractivity contribution is 7.99. The Morgan fingerprint density at radius 1 is 1.48 bits per heavy atom. The molecule has 2 unspecified atom stereocenters. The number of hydrogen-bond donors (Lipinski definition) is 1. The van der Waals surface area contributed by atoms with Crippen LogP contribution in [-0.2, 0) is 0 Å². The summed E-state index contributed by atoms with van der Waals surface area (Å²) in [5.41, 5.74) is 7.57. The van der Waals surface area contributed by atoms with Crippen molar-refractivity contribution in [2.75, 3.05) is 18.6 Å². The third-order valence-corrected chi connectivity index (χ3v) is 5.43. The second kappa shape index (κ2) is 5.75. The highest BCUT2D eigenvalue weighted by Crippen LogP contribution is 2.41. The van der Waals surface area contributed by atoms with Gasteiger partial charge in [-0.3, -0.25) is 0 Å². The second-order valence-corrected chi connectivity index (χ2v) is 6.82. The fourth-order valence-corrected chi connectivity index (χ4v) is 4.47. The van der Waals surface area contributed by atoms with Crippen LogP contribution in [0.3, 0.4) is 0 Å². The molecule has 2 atom stereocenters. The minimum absolute atomic E-state index is 0.237. The minimum atomic E-state index is -0.402. The lowest BCUT2D eigenvalue weighted by atomic mass is 10.2. The molecule has 1 aromatic heterocycles.